The zero-order valence-corrected chi connectivity index (χ0v) is 29.2. The van der Waals surface area contributed by atoms with Crippen molar-refractivity contribution >= 4 is 23.9 Å². The van der Waals surface area contributed by atoms with Crippen LogP contribution < -0.4 is 0 Å². The molecule has 0 aromatic heterocycles. The van der Waals surface area contributed by atoms with Crippen LogP contribution >= 0.6 is 0 Å². The Morgan fingerprint density at radius 3 is 1.94 bits per heavy atom. The van der Waals surface area contributed by atoms with Gasteiger partial charge in [-0.3, -0.25) is 19.2 Å². The zero-order valence-electron chi connectivity index (χ0n) is 29.2. The summed E-state index contributed by atoms with van der Waals surface area (Å²) in [5, 5.41) is 41.8. The summed E-state index contributed by atoms with van der Waals surface area (Å²) in [6.07, 6.45) is -8.41. The standard InChI is InChI=1S/C33H56O15/c1-18(2)12-10-8-9-11-13-24(38)45-30-26(40)22(15-34)47-33(30,17-36)48-32-29(42-21(7)37)28(46-31(41)20(5)6)27(23(16-35)43-32)44-25(39)14-19(3)4/h18-20,22-23,26-30,32,34-36,40H,8-17H2,1-7H3. The van der Waals surface area contributed by atoms with Crippen LogP contribution in [-0.2, 0) is 52.3 Å². The lowest BCUT2D eigenvalue weighted by atomic mass is 9.97. The highest BCUT2D eigenvalue weighted by atomic mass is 16.8. The van der Waals surface area contributed by atoms with Crippen molar-refractivity contribution < 1.29 is 72.8 Å². The lowest BCUT2D eigenvalue weighted by molar-refractivity contribution is -0.384. The molecule has 0 aliphatic carbocycles. The normalized spacial score (nSPS) is 30.5. The van der Waals surface area contributed by atoms with Gasteiger partial charge >= 0.3 is 23.9 Å². The Morgan fingerprint density at radius 2 is 1.40 bits per heavy atom. The molecule has 2 fully saturated rings. The van der Waals surface area contributed by atoms with Gasteiger partial charge in [-0.05, 0) is 18.3 Å². The average Bonchev–Trinajstić information content (AvgIpc) is 3.26. The Hall–Kier alpha value is -2.40. The molecule has 0 aromatic carbocycles. The van der Waals surface area contributed by atoms with Crippen molar-refractivity contribution in [3.63, 3.8) is 0 Å². The summed E-state index contributed by atoms with van der Waals surface area (Å²) in [5.41, 5.74) is 0. The van der Waals surface area contributed by atoms with Crippen molar-refractivity contribution in [3.8, 4) is 0 Å². The number of hydrogen-bond donors (Lipinski definition) is 4. The van der Waals surface area contributed by atoms with Crippen LogP contribution in [0, 0.1) is 17.8 Å². The van der Waals surface area contributed by atoms with Crippen LogP contribution in [0.4, 0.5) is 0 Å². The first kappa shape index (κ1) is 41.8. The highest BCUT2D eigenvalue weighted by Gasteiger charge is 2.62. The molecule has 0 saturated carbocycles. The second-order valence-electron chi connectivity index (χ2n) is 13.6. The van der Waals surface area contributed by atoms with Gasteiger partial charge in [0.2, 0.25) is 12.1 Å². The van der Waals surface area contributed by atoms with Gasteiger partial charge in [0.25, 0.3) is 0 Å². The number of carbonyl (C=O) groups excluding carboxylic acids is 4. The molecule has 9 unspecified atom stereocenters. The van der Waals surface area contributed by atoms with Gasteiger partial charge in [-0.15, -0.1) is 0 Å². The molecule has 48 heavy (non-hydrogen) atoms. The van der Waals surface area contributed by atoms with Crippen LogP contribution in [0.5, 0.6) is 0 Å². The lowest BCUT2D eigenvalue weighted by Crippen LogP contribution is -2.65. The third kappa shape index (κ3) is 11.9. The number of hydrogen-bond acceptors (Lipinski definition) is 15. The Kier molecular flexibility index (Phi) is 17.1. The van der Waals surface area contributed by atoms with Crippen molar-refractivity contribution in [2.24, 2.45) is 17.8 Å². The van der Waals surface area contributed by atoms with Gasteiger partial charge in [0.1, 0.15) is 24.9 Å². The van der Waals surface area contributed by atoms with E-state index in [2.05, 4.69) is 13.8 Å². The third-order valence-electron chi connectivity index (χ3n) is 8.00. The van der Waals surface area contributed by atoms with Crippen LogP contribution in [-0.4, -0.2) is 119 Å². The first-order valence-corrected chi connectivity index (χ1v) is 16.9. The molecule has 0 aromatic rings. The Balaban J connectivity index is 2.43. The molecule has 0 bridgehead atoms. The minimum Gasteiger partial charge on any atom is -0.455 e. The molecule has 4 N–H and O–H groups in total. The summed E-state index contributed by atoms with van der Waals surface area (Å²) in [5.74, 6) is -5.65. The molecule has 2 rings (SSSR count). The molecule has 2 aliphatic rings. The van der Waals surface area contributed by atoms with Crippen LogP contribution in [0.2, 0.25) is 0 Å². The van der Waals surface area contributed by atoms with E-state index in [1.165, 1.54) is 0 Å². The topological polar surface area (TPSA) is 214 Å². The van der Waals surface area contributed by atoms with E-state index in [0.717, 1.165) is 32.6 Å². The van der Waals surface area contributed by atoms with Crippen molar-refractivity contribution in [1.82, 2.24) is 0 Å². The summed E-state index contributed by atoms with van der Waals surface area (Å²) in [4.78, 5) is 50.9. The predicted octanol–water partition coefficient (Wildman–Crippen LogP) is 1.53. The Morgan fingerprint density at radius 1 is 0.750 bits per heavy atom. The van der Waals surface area contributed by atoms with E-state index in [1.807, 2.05) is 0 Å². The van der Waals surface area contributed by atoms with Gasteiger partial charge in [-0.2, -0.15) is 0 Å². The molecular weight excluding hydrogens is 636 g/mol. The van der Waals surface area contributed by atoms with Crippen LogP contribution in [0.3, 0.4) is 0 Å². The lowest BCUT2D eigenvalue weighted by Gasteiger charge is -2.46. The molecule has 15 nitrogen and oxygen atoms in total. The van der Waals surface area contributed by atoms with Crippen molar-refractivity contribution in [3.05, 3.63) is 0 Å². The molecule has 15 heteroatoms. The van der Waals surface area contributed by atoms with Gasteiger partial charge in [0.15, 0.2) is 24.4 Å². The molecule has 2 heterocycles. The van der Waals surface area contributed by atoms with E-state index in [4.69, 9.17) is 33.2 Å². The minimum atomic E-state index is -2.38. The SMILES string of the molecule is CC(=O)OC1C(OC2(CO)OC(CO)C(O)C2OC(=O)CCCCCCC(C)C)OC(CO)C(OC(=O)CC(C)C)C1OC(=O)C(C)C. The monoisotopic (exact) mass is 692 g/mol. The fourth-order valence-electron chi connectivity index (χ4n) is 5.50. The number of unbranched alkanes of at least 4 members (excludes halogenated alkanes) is 3. The van der Waals surface area contributed by atoms with Crippen LogP contribution in [0.15, 0.2) is 0 Å². The predicted molar refractivity (Wildman–Crippen MR) is 167 cm³/mol. The summed E-state index contributed by atoms with van der Waals surface area (Å²) in [7, 11) is 0. The minimum absolute atomic E-state index is 0.00452. The van der Waals surface area contributed by atoms with Gasteiger partial charge in [0, 0.05) is 19.8 Å². The number of ether oxygens (including phenoxy) is 7. The number of esters is 4. The average molecular weight is 693 g/mol. The molecule has 0 radical (unpaired) electrons. The Labute approximate surface area is 282 Å². The molecule has 2 aliphatic heterocycles. The van der Waals surface area contributed by atoms with E-state index in [-0.39, 0.29) is 18.8 Å². The highest BCUT2D eigenvalue weighted by molar-refractivity contribution is 5.72. The quantitative estimate of drug-likeness (QED) is 0.0858. The van der Waals surface area contributed by atoms with Crippen molar-refractivity contribution in [2.45, 2.75) is 148 Å². The van der Waals surface area contributed by atoms with E-state index in [1.54, 1.807) is 27.7 Å². The summed E-state index contributed by atoms with van der Waals surface area (Å²) in [6.45, 7) is 9.41. The van der Waals surface area contributed by atoms with Gasteiger partial charge in [-0.1, -0.05) is 67.2 Å². The molecule has 2 saturated heterocycles. The first-order chi connectivity index (χ1) is 22.6. The van der Waals surface area contributed by atoms with Gasteiger partial charge in [-0.25, -0.2) is 0 Å². The maximum atomic E-state index is 12.9. The first-order valence-electron chi connectivity index (χ1n) is 16.9. The molecule has 0 amide bonds. The van der Waals surface area contributed by atoms with Gasteiger partial charge < -0.3 is 53.6 Å². The number of aliphatic hydroxyl groups is 4. The third-order valence-corrected chi connectivity index (χ3v) is 8.00. The Bertz CT molecular complexity index is 1030. The molecule has 9 atom stereocenters. The van der Waals surface area contributed by atoms with Crippen LogP contribution in [0.1, 0.15) is 93.4 Å². The maximum Gasteiger partial charge on any atom is 0.308 e. The zero-order chi connectivity index (χ0) is 36.2. The molecule has 0 spiro atoms. The molecule has 278 valence electrons. The highest BCUT2D eigenvalue weighted by Crippen LogP contribution is 2.39. The fourth-order valence-corrected chi connectivity index (χ4v) is 5.50. The van der Waals surface area contributed by atoms with Crippen molar-refractivity contribution in [1.29, 1.82) is 0 Å². The largest absolute Gasteiger partial charge is 0.455 e. The number of aliphatic hydroxyl groups excluding tert-OH is 4. The summed E-state index contributed by atoms with van der Waals surface area (Å²) in [6, 6.07) is 0. The van der Waals surface area contributed by atoms with E-state index >= 15 is 0 Å². The van der Waals surface area contributed by atoms with Crippen molar-refractivity contribution in [2.75, 3.05) is 19.8 Å². The van der Waals surface area contributed by atoms with E-state index in [9.17, 15) is 39.6 Å². The second-order valence-corrected chi connectivity index (χ2v) is 13.6. The smallest absolute Gasteiger partial charge is 0.308 e. The van der Waals surface area contributed by atoms with E-state index in [0.29, 0.717) is 12.3 Å². The second kappa shape index (κ2) is 19.7. The van der Waals surface area contributed by atoms with Gasteiger partial charge in [0.05, 0.1) is 19.1 Å². The summed E-state index contributed by atoms with van der Waals surface area (Å²) >= 11 is 0. The fraction of sp³-hybridized carbons (Fsp3) is 0.879. The molecular formula is C33H56O15. The van der Waals surface area contributed by atoms with E-state index < -0.39 is 104 Å². The maximum absolute atomic E-state index is 12.9. The number of rotatable bonds is 19. The number of carbonyl (C=O) groups is 4. The summed E-state index contributed by atoms with van der Waals surface area (Å²) < 4.78 is 40.1. The van der Waals surface area contributed by atoms with Crippen LogP contribution in [0.25, 0.3) is 0 Å².